The zero-order valence-electron chi connectivity index (χ0n) is 29.1. The Morgan fingerprint density at radius 1 is 0.667 bits per heavy atom. The summed E-state index contributed by atoms with van der Waals surface area (Å²) >= 11 is 0. The van der Waals surface area contributed by atoms with Gasteiger partial charge in [-0.2, -0.15) is 0 Å². The van der Waals surface area contributed by atoms with E-state index in [0.29, 0.717) is 38.5 Å². The van der Waals surface area contributed by atoms with Crippen LogP contribution in [0.25, 0.3) is 0 Å². The number of aliphatic hydroxyl groups is 1. The summed E-state index contributed by atoms with van der Waals surface area (Å²) in [4.78, 5) is 27.4. The van der Waals surface area contributed by atoms with Gasteiger partial charge in [0, 0.05) is 33.9 Å². The fourth-order valence-electron chi connectivity index (χ4n) is 5.28. The Kier molecular flexibility index (Phi) is 13.0. The second-order valence-electron chi connectivity index (χ2n) is 12.1. The lowest BCUT2D eigenvalue weighted by Gasteiger charge is -2.23. The number of ether oxygens (including phenoxy) is 8. The highest BCUT2D eigenvalue weighted by atomic mass is 16.8. The molecule has 51 heavy (non-hydrogen) atoms. The van der Waals surface area contributed by atoms with Gasteiger partial charge in [-0.25, -0.2) is 9.59 Å². The number of aliphatic hydroxyl groups excluding tert-OH is 1. The van der Waals surface area contributed by atoms with Crippen LogP contribution in [0, 0.1) is 0 Å². The molecule has 0 amide bonds. The summed E-state index contributed by atoms with van der Waals surface area (Å²) in [6.07, 6.45) is -0.206. The van der Waals surface area contributed by atoms with Crippen molar-refractivity contribution in [3.05, 3.63) is 113 Å². The minimum atomic E-state index is -2.57. The van der Waals surface area contributed by atoms with Crippen molar-refractivity contribution in [2.24, 2.45) is 0 Å². The number of nitrogens with one attached hydrogen (secondary N) is 1. The van der Waals surface area contributed by atoms with Crippen molar-refractivity contribution in [3.63, 3.8) is 0 Å². The molecule has 1 aliphatic rings. The fraction of sp³-hybridized carbons (Fsp3) is 0.333. The molecule has 1 heterocycles. The standard InChI is InChI=1S/C39H43NO11/c1-26(40-21-31(41)25-47-32-12-5-27(6-13-32)22-44-2)19-30-11-18-35-36(20-30)51-39(50-35,37(42)48-33-14-7-28(8-15-33)23-45-3)38(43)49-34-16-9-29(10-17-34)24-46-4/h5-18,20,26,31,40-41H,19,21-25H2,1-4H3. The van der Waals surface area contributed by atoms with E-state index < -0.39 is 23.8 Å². The number of hydrogen-bond acceptors (Lipinski definition) is 12. The quantitative estimate of drug-likeness (QED) is 0.0840. The van der Waals surface area contributed by atoms with Crippen LogP contribution in [-0.4, -0.2) is 69.5 Å². The highest BCUT2D eigenvalue weighted by Gasteiger charge is 2.60. The highest BCUT2D eigenvalue weighted by Crippen LogP contribution is 2.42. The first kappa shape index (κ1) is 37.3. The molecule has 1 aliphatic heterocycles. The van der Waals surface area contributed by atoms with Crippen LogP contribution in [0.5, 0.6) is 28.7 Å². The van der Waals surface area contributed by atoms with Crippen molar-refractivity contribution in [1.82, 2.24) is 5.32 Å². The van der Waals surface area contributed by atoms with Crippen molar-refractivity contribution in [3.8, 4) is 28.7 Å². The van der Waals surface area contributed by atoms with Gasteiger partial charge in [0.25, 0.3) is 0 Å². The second kappa shape index (κ2) is 17.8. The largest absolute Gasteiger partial charge is 0.491 e. The van der Waals surface area contributed by atoms with Crippen molar-refractivity contribution < 1.29 is 52.6 Å². The molecule has 2 N–H and O–H groups in total. The number of esters is 2. The number of methoxy groups -OCH3 is 3. The van der Waals surface area contributed by atoms with Crippen LogP contribution in [0.4, 0.5) is 0 Å². The Hall–Kier alpha value is -4.98. The van der Waals surface area contributed by atoms with E-state index in [4.69, 9.17) is 37.9 Å². The molecule has 0 aliphatic carbocycles. The zero-order chi connectivity index (χ0) is 36.2. The molecule has 270 valence electrons. The SMILES string of the molecule is COCc1ccc(OCC(O)CNC(C)Cc2ccc3c(c2)OC(C(=O)Oc2ccc(COC)cc2)(C(=O)Oc2ccc(COC)cc2)O3)cc1. The van der Waals surface area contributed by atoms with E-state index in [1.54, 1.807) is 82.0 Å². The predicted octanol–water partition coefficient (Wildman–Crippen LogP) is 4.77. The molecule has 2 unspecified atom stereocenters. The maximum Gasteiger partial charge on any atom is 0.454 e. The first-order valence-corrected chi connectivity index (χ1v) is 16.4. The van der Waals surface area contributed by atoms with Gasteiger partial charge in [-0.1, -0.05) is 42.5 Å². The molecule has 0 fully saturated rings. The van der Waals surface area contributed by atoms with E-state index in [2.05, 4.69) is 5.32 Å². The molecule has 0 bridgehead atoms. The van der Waals surface area contributed by atoms with Crippen molar-refractivity contribution in [1.29, 1.82) is 0 Å². The lowest BCUT2D eigenvalue weighted by atomic mass is 10.1. The van der Waals surface area contributed by atoms with Gasteiger partial charge in [0.05, 0.1) is 19.8 Å². The summed E-state index contributed by atoms with van der Waals surface area (Å²) in [5.74, 6) is -3.46. The van der Waals surface area contributed by atoms with Crippen LogP contribution in [0.2, 0.25) is 0 Å². The fourth-order valence-corrected chi connectivity index (χ4v) is 5.28. The van der Waals surface area contributed by atoms with Crippen LogP contribution in [-0.2, 0) is 50.0 Å². The van der Waals surface area contributed by atoms with E-state index in [-0.39, 0.29) is 35.6 Å². The van der Waals surface area contributed by atoms with Crippen molar-refractivity contribution in [2.45, 2.75) is 51.1 Å². The summed E-state index contributed by atoms with van der Waals surface area (Å²) < 4.78 is 44.2. The lowest BCUT2D eigenvalue weighted by molar-refractivity contribution is -0.190. The highest BCUT2D eigenvalue weighted by molar-refractivity contribution is 6.05. The number of rotatable bonds is 18. The van der Waals surface area contributed by atoms with Gasteiger partial charge in [-0.05, 0) is 84.1 Å². The molecule has 0 saturated carbocycles. The summed E-state index contributed by atoms with van der Waals surface area (Å²) in [5.41, 5.74) is 3.60. The van der Waals surface area contributed by atoms with Gasteiger partial charge in [0.1, 0.15) is 30.0 Å². The van der Waals surface area contributed by atoms with Gasteiger partial charge in [0.15, 0.2) is 11.5 Å². The monoisotopic (exact) mass is 701 g/mol. The maximum atomic E-state index is 13.7. The van der Waals surface area contributed by atoms with Crippen molar-refractivity contribution in [2.75, 3.05) is 34.5 Å². The maximum absolute atomic E-state index is 13.7. The summed E-state index contributed by atoms with van der Waals surface area (Å²) in [6.45, 7) is 3.67. The average molecular weight is 702 g/mol. The molecule has 2 atom stereocenters. The van der Waals surface area contributed by atoms with Crippen molar-refractivity contribution >= 4 is 11.9 Å². The number of fused-ring (bicyclic) bond motifs is 1. The molecule has 0 radical (unpaired) electrons. The first-order chi connectivity index (χ1) is 24.7. The van der Waals surface area contributed by atoms with Crippen LogP contribution in [0.15, 0.2) is 91.0 Å². The van der Waals surface area contributed by atoms with E-state index in [9.17, 15) is 14.7 Å². The molecule has 0 spiro atoms. The number of hydrogen-bond donors (Lipinski definition) is 2. The van der Waals surface area contributed by atoms with Crippen LogP contribution in [0.1, 0.15) is 29.2 Å². The summed E-state index contributed by atoms with van der Waals surface area (Å²) in [7, 11) is 4.80. The van der Waals surface area contributed by atoms with Gasteiger partial charge < -0.3 is 48.3 Å². The minimum Gasteiger partial charge on any atom is -0.491 e. The molecule has 0 aromatic heterocycles. The smallest absolute Gasteiger partial charge is 0.454 e. The topological polar surface area (TPSA) is 140 Å². The third kappa shape index (κ3) is 10.1. The third-order valence-electron chi connectivity index (χ3n) is 7.86. The average Bonchev–Trinajstić information content (AvgIpc) is 3.53. The molecular formula is C39H43NO11. The van der Waals surface area contributed by atoms with Gasteiger partial charge in [-0.15, -0.1) is 0 Å². The van der Waals surface area contributed by atoms with Crippen LogP contribution in [0.3, 0.4) is 0 Å². The number of benzene rings is 4. The minimum absolute atomic E-state index is 0.0600. The Bertz CT molecular complexity index is 1660. The lowest BCUT2D eigenvalue weighted by Crippen LogP contribution is -2.58. The molecule has 5 rings (SSSR count). The van der Waals surface area contributed by atoms with E-state index in [1.807, 2.05) is 37.3 Å². The number of carbonyl (C=O) groups is 2. The van der Waals surface area contributed by atoms with Gasteiger partial charge in [-0.3, -0.25) is 0 Å². The third-order valence-corrected chi connectivity index (χ3v) is 7.86. The Labute approximate surface area is 297 Å². The van der Waals surface area contributed by atoms with E-state index >= 15 is 0 Å². The number of carbonyl (C=O) groups excluding carboxylic acids is 2. The van der Waals surface area contributed by atoms with Crippen LogP contribution < -0.4 is 29.0 Å². The molecule has 0 saturated heterocycles. The summed E-state index contributed by atoms with van der Waals surface area (Å²) in [6, 6.07) is 25.8. The van der Waals surface area contributed by atoms with E-state index in [1.165, 1.54) is 0 Å². The molecule has 12 nitrogen and oxygen atoms in total. The molecular weight excluding hydrogens is 658 g/mol. The van der Waals surface area contributed by atoms with E-state index in [0.717, 1.165) is 22.3 Å². The first-order valence-electron chi connectivity index (χ1n) is 16.4. The Balaban J connectivity index is 1.23. The molecule has 12 heteroatoms. The van der Waals surface area contributed by atoms with Gasteiger partial charge in [0.2, 0.25) is 0 Å². The molecule has 4 aromatic rings. The Morgan fingerprint density at radius 2 is 1.12 bits per heavy atom. The van der Waals surface area contributed by atoms with Crippen LogP contribution >= 0.6 is 0 Å². The summed E-state index contributed by atoms with van der Waals surface area (Å²) in [5, 5.41) is 13.8. The normalized spacial score (nSPS) is 14.1. The second-order valence-corrected chi connectivity index (χ2v) is 12.1. The van der Waals surface area contributed by atoms with Gasteiger partial charge >= 0.3 is 17.7 Å². The predicted molar refractivity (Wildman–Crippen MR) is 186 cm³/mol. The molecule has 4 aromatic carbocycles. The zero-order valence-corrected chi connectivity index (χ0v) is 29.1. The Morgan fingerprint density at radius 3 is 1.61 bits per heavy atom.